The van der Waals surface area contributed by atoms with E-state index in [4.69, 9.17) is 9.47 Å². The van der Waals surface area contributed by atoms with E-state index in [-0.39, 0.29) is 12.1 Å². The second-order valence-corrected chi connectivity index (χ2v) is 9.23. The lowest BCUT2D eigenvalue weighted by Gasteiger charge is -2.40. The van der Waals surface area contributed by atoms with Crippen LogP contribution in [0.15, 0.2) is 66.9 Å². The highest BCUT2D eigenvalue weighted by molar-refractivity contribution is 6.04. The van der Waals surface area contributed by atoms with Crippen molar-refractivity contribution < 1.29 is 14.3 Å². The summed E-state index contributed by atoms with van der Waals surface area (Å²) < 4.78 is 11.0. The molecule has 3 aliphatic rings. The Labute approximate surface area is 207 Å². The smallest absolute Gasteiger partial charge is 0.255 e. The van der Waals surface area contributed by atoms with Gasteiger partial charge >= 0.3 is 0 Å². The lowest BCUT2D eigenvalue weighted by atomic mass is 10.1. The molecule has 184 valence electrons. The predicted octanol–water partition coefficient (Wildman–Crippen LogP) is 3.63. The fourth-order valence-electron chi connectivity index (χ4n) is 4.74. The van der Waals surface area contributed by atoms with E-state index in [1.807, 2.05) is 37.3 Å². The summed E-state index contributed by atoms with van der Waals surface area (Å²) in [4.78, 5) is 20.1. The van der Waals surface area contributed by atoms with Crippen molar-refractivity contribution in [3.05, 3.63) is 83.6 Å². The van der Waals surface area contributed by atoms with Gasteiger partial charge in [-0.3, -0.25) is 14.6 Å². The van der Waals surface area contributed by atoms with Gasteiger partial charge in [-0.25, -0.2) is 0 Å². The topological polar surface area (TPSA) is 57.3 Å². The number of hydrogen-bond acceptors (Lipinski definition) is 6. The number of anilines is 2. The summed E-state index contributed by atoms with van der Waals surface area (Å²) in [7, 11) is 0. The minimum atomic E-state index is -0.0954. The van der Waals surface area contributed by atoms with Crippen LogP contribution in [0.3, 0.4) is 0 Å². The van der Waals surface area contributed by atoms with Crippen molar-refractivity contribution in [3.8, 4) is 0 Å². The van der Waals surface area contributed by atoms with Gasteiger partial charge in [0.15, 0.2) is 0 Å². The predicted molar refractivity (Wildman–Crippen MR) is 139 cm³/mol. The molecule has 5 rings (SSSR count). The molecule has 0 saturated carbocycles. The monoisotopic (exact) mass is 474 g/mol. The number of nitrogens with zero attached hydrogens (tertiary/aromatic N) is 3. The molecule has 1 N–H and O–H groups in total. The number of allylic oxidation sites excluding steroid dienone is 2. The largest absolute Gasteiger partial charge is 0.379 e. The third-order valence-corrected chi connectivity index (χ3v) is 6.84. The molecule has 2 fully saturated rings. The number of rotatable bonds is 6. The van der Waals surface area contributed by atoms with Crippen LogP contribution in [-0.4, -0.2) is 74.5 Å². The Balaban J connectivity index is 1.27. The molecule has 0 radical (unpaired) electrons. The van der Waals surface area contributed by atoms with Crippen LogP contribution < -0.4 is 10.2 Å². The van der Waals surface area contributed by atoms with E-state index in [2.05, 4.69) is 56.6 Å². The lowest BCUT2D eigenvalue weighted by molar-refractivity contribution is 0.0263. The van der Waals surface area contributed by atoms with Gasteiger partial charge in [0.1, 0.15) is 6.17 Å². The summed E-state index contributed by atoms with van der Waals surface area (Å²) >= 11 is 0. The molecule has 1 atom stereocenters. The molecule has 0 bridgehead atoms. The normalized spacial score (nSPS) is 21.3. The number of amides is 1. The number of hydrogen-bond donors (Lipinski definition) is 1. The SMILES string of the molecule is Cc1ccc(N2C=CC=CC2N2CCOCC2)cc1NC(=O)c1ccc(CN2CCOCC2)cc1. The number of carbonyl (C=O) groups excluding carboxylic acids is 1. The summed E-state index contributed by atoms with van der Waals surface area (Å²) in [6.07, 6.45) is 8.59. The lowest BCUT2D eigenvalue weighted by Crippen LogP contribution is -2.50. The summed E-state index contributed by atoms with van der Waals surface area (Å²) in [5, 5.41) is 3.13. The van der Waals surface area contributed by atoms with Gasteiger partial charge in [0, 0.05) is 55.9 Å². The highest BCUT2D eigenvalue weighted by atomic mass is 16.5. The van der Waals surface area contributed by atoms with Gasteiger partial charge < -0.3 is 19.7 Å². The number of carbonyl (C=O) groups is 1. The fraction of sp³-hybridized carbons (Fsp3) is 0.393. The molecule has 7 heteroatoms. The van der Waals surface area contributed by atoms with Crippen LogP contribution in [0.4, 0.5) is 11.4 Å². The highest BCUT2D eigenvalue weighted by Gasteiger charge is 2.25. The quantitative estimate of drug-likeness (QED) is 0.690. The Morgan fingerprint density at radius 2 is 1.66 bits per heavy atom. The first-order chi connectivity index (χ1) is 17.2. The van der Waals surface area contributed by atoms with Gasteiger partial charge in [-0.1, -0.05) is 24.3 Å². The molecule has 1 amide bonds. The minimum absolute atomic E-state index is 0.0954. The first-order valence-electron chi connectivity index (χ1n) is 12.4. The Bertz CT molecular complexity index is 1070. The molecule has 0 aliphatic carbocycles. The maximum atomic E-state index is 13.1. The van der Waals surface area contributed by atoms with E-state index >= 15 is 0 Å². The van der Waals surface area contributed by atoms with E-state index in [0.717, 1.165) is 76.1 Å². The molecular formula is C28H34N4O3. The Morgan fingerprint density at radius 1 is 0.943 bits per heavy atom. The standard InChI is InChI=1S/C28H34N4O3/c1-22-5-10-25(32-11-3-2-4-27(32)31-14-18-35-19-15-31)20-26(22)29-28(33)24-8-6-23(7-9-24)21-30-12-16-34-17-13-30/h2-11,20,27H,12-19,21H2,1H3,(H,29,33). The van der Waals surface area contributed by atoms with Crippen LogP contribution in [0.25, 0.3) is 0 Å². The summed E-state index contributed by atoms with van der Waals surface area (Å²) in [6, 6.07) is 14.2. The van der Waals surface area contributed by atoms with Crippen LogP contribution in [0, 0.1) is 6.92 Å². The third-order valence-electron chi connectivity index (χ3n) is 6.84. The number of ether oxygens (including phenoxy) is 2. The van der Waals surface area contributed by atoms with Crippen LogP contribution >= 0.6 is 0 Å². The zero-order valence-electron chi connectivity index (χ0n) is 20.4. The first-order valence-corrected chi connectivity index (χ1v) is 12.4. The molecule has 0 aromatic heterocycles. The van der Waals surface area contributed by atoms with Crippen molar-refractivity contribution in [2.45, 2.75) is 19.6 Å². The summed E-state index contributed by atoms with van der Waals surface area (Å²) in [5.41, 5.74) is 4.77. The van der Waals surface area contributed by atoms with Crippen molar-refractivity contribution in [2.24, 2.45) is 0 Å². The van der Waals surface area contributed by atoms with E-state index < -0.39 is 0 Å². The third kappa shape index (κ3) is 5.82. The number of benzene rings is 2. The average molecular weight is 475 g/mol. The van der Waals surface area contributed by atoms with Crippen LogP contribution in [0.2, 0.25) is 0 Å². The van der Waals surface area contributed by atoms with Gasteiger partial charge in [-0.15, -0.1) is 0 Å². The summed E-state index contributed by atoms with van der Waals surface area (Å²) in [5.74, 6) is -0.0954. The molecule has 0 spiro atoms. The number of morpholine rings is 2. The van der Waals surface area contributed by atoms with Gasteiger partial charge in [-0.05, 0) is 54.5 Å². The Kier molecular flexibility index (Phi) is 7.59. The van der Waals surface area contributed by atoms with E-state index in [1.54, 1.807) is 0 Å². The second kappa shape index (κ2) is 11.2. The molecule has 2 saturated heterocycles. The maximum absolute atomic E-state index is 13.1. The number of aryl methyl sites for hydroxylation is 1. The zero-order chi connectivity index (χ0) is 24.0. The minimum Gasteiger partial charge on any atom is -0.379 e. The van der Waals surface area contributed by atoms with Gasteiger partial charge in [0.25, 0.3) is 5.91 Å². The van der Waals surface area contributed by atoms with Crippen LogP contribution in [0.5, 0.6) is 0 Å². The summed E-state index contributed by atoms with van der Waals surface area (Å²) in [6.45, 7) is 9.69. The van der Waals surface area contributed by atoms with Crippen molar-refractivity contribution >= 4 is 17.3 Å². The Hall–Kier alpha value is -2.97. The van der Waals surface area contributed by atoms with Crippen LogP contribution in [-0.2, 0) is 16.0 Å². The van der Waals surface area contributed by atoms with E-state index in [9.17, 15) is 4.79 Å². The van der Waals surface area contributed by atoms with Gasteiger partial charge in [0.2, 0.25) is 0 Å². The molecule has 7 nitrogen and oxygen atoms in total. The molecule has 3 aliphatic heterocycles. The molecule has 35 heavy (non-hydrogen) atoms. The zero-order valence-corrected chi connectivity index (χ0v) is 20.4. The van der Waals surface area contributed by atoms with Gasteiger partial charge in [0.05, 0.1) is 26.4 Å². The second-order valence-electron chi connectivity index (χ2n) is 9.23. The number of nitrogens with one attached hydrogen (secondary N) is 1. The van der Waals surface area contributed by atoms with Gasteiger partial charge in [-0.2, -0.15) is 0 Å². The van der Waals surface area contributed by atoms with Crippen molar-refractivity contribution in [3.63, 3.8) is 0 Å². The van der Waals surface area contributed by atoms with Crippen molar-refractivity contribution in [1.82, 2.24) is 9.80 Å². The molecule has 3 heterocycles. The molecule has 2 aromatic rings. The molecule has 2 aromatic carbocycles. The average Bonchev–Trinajstić information content (AvgIpc) is 2.91. The molecule has 1 unspecified atom stereocenters. The Morgan fingerprint density at radius 3 is 2.40 bits per heavy atom. The van der Waals surface area contributed by atoms with Crippen molar-refractivity contribution in [1.29, 1.82) is 0 Å². The highest BCUT2D eigenvalue weighted by Crippen LogP contribution is 2.28. The molecular weight excluding hydrogens is 440 g/mol. The fourth-order valence-corrected chi connectivity index (χ4v) is 4.74. The van der Waals surface area contributed by atoms with E-state index in [0.29, 0.717) is 5.56 Å². The first kappa shape index (κ1) is 23.8. The maximum Gasteiger partial charge on any atom is 0.255 e. The van der Waals surface area contributed by atoms with Crippen LogP contribution in [0.1, 0.15) is 21.5 Å². The van der Waals surface area contributed by atoms with E-state index in [1.165, 1.54) is 5.56 Å². The van der Waals surface area contributed by atoms with Crippen molar-refractivity contribution in [2.75, 3.05) is 62.8 Å².